The number of nitrogens with zero attached hydrogens (tertiary/aromatic N) is 1. The minimum Gasteiger partial charge on any atom is -0.481 e. The van der Waals surface area contributed by atoms with E-state index in [1.165, 1.54) is 4.90 Å². The fourth-order valence-corrected chi connectivity index (χ4v) is 1.45. The van der Waals surface area contributed by atoms with Crippen molar-refractivity contribution in [2.24, 2.45) is 5.41 Å². The number of aliphatic carboxylic acids is 1. The molecule has 6 heteroatoms. The van der Waals surface area contributed by atoms with Gasteiger partial charge in [0.25, 0.3) is 0 Å². The Labute approximate surface area is 107 Å². The smallest absolute Gasteiger partial charge is 0.303 e. The van der Waals surface area contributed by atoms with E-state index in [1.54, 1.807) is 20.9 Å². The molecule has 6 nitrogen and oxygen atoms in total. The summed E-state index contributed by atoms with van der Waals surface area (Å²) in [7, 11) is 1.66. The summed E-state index contributed by atoms with van der Waals surface area (Å²) in [5.41, 5.74) is -0.615. The summed E-state index contributed by atoms with van der Waals surface area (Å²) in [6, 6.07) is 0. The molecule has 0 aromatic carbocycles. The number of likely N-dealkylation sites (N-methyl/N-ethyl adjacent to an activating group) is 1. The summed E-state index contributed by atoms with van der Waals surface area (Å²) in [5.74, 6) is -1.41. The van der Waals surface area contributed by atoms with Gasteiger partial charge in [-0.05, 0) is 12.3 Å². The highest BCUT2D eigenvalue weighted by molar-refractivity contribution is 5.85. The molecule has 2 N–H and O–H groups in total. The molecule has 0 fully saturated rings. The molecule has 0 aromatic heterocycles. The summed E-state index contributed by atoms with van der Waals surface area (Å²) in [5, 5.41) is 11.2. The van der Waals surface area contributed by atoms with Crippen LogP contribution >= 0.6 is 0 Å². The third-order valence-corrected chi connectivity index (χ3v) is 2.61. The predicted octanol–water partition coefficient (Wildman–Crippen LogP) is 0.472. The zero-order valence-corrected chi connectivity index (χ0v) is 11.4. The van der Waals surface area contributed by atoms with Crippen LogP contribution in [0.4, 0.5) is 0 Å². The van der Waals surface area contributed by atoms with Gasteiger partial charge in [-0.1, -0.05) is 13.8 Å². The molecule has 2 amide bonds. The molecule has 0 aromatic rings. The van der Waals surface area contributed by atoms with Crippen LogP contribution in [0.25, 0.3) is 0 Å². The minimum absolute atomic E-state index is 0.0493. The monoisotopic (exact) mass is 258 g/mol. The molecule has 0 spiro atoms. The molecule has 18 heavy (non-hydrogen) atoms. The van der Waals surface area contributed by atoms with Crippen LogP contribution in [0.15, 0.2) is 0 Å². The maximum atomic E-state index is 11.6. The number of rotatable bonds is 7. The van der Waals surface area contributed by atoms with Crippen molar-refractivity contribution in [1.29, 1.82) is 0 Å². The second-order valence-electron chi connectivity index (χ2n) is 5.10. The van der Waals surface area contributed by atoms with Gasteiger partial charge in [-0.25, -0.2) is 0 Å². The van der Waals surface area contributed by atoms with E-state index >= 15 is 0 Å². The van der Waals surface area contributed by atoms with Crippen LogP contribution in [0.1, 0.15) is 33.6 Å². The van der Waals surface area contributed by atoms with E-state index in [1.807, 2.05) is 6.92 Å². The summed E-state index contributed by atoms with van der Waals surface area (Å²) < 4.78 is 0. The number of amides is 2. The van der Waals surface area contributed by atoms with Crippen molar-refractivity contribution in [3.05, 3.63) is 0 Å². The third kappa shape index (κ3) is 6.88. The van der Waals surface area contributed by atoms with Crippen molar-refractivity contribution in [2.75, 3.05) is 20.1 Å². The Balaban J connectivity index is 4.12. The Hall–Kier alpha value is -1.59. The second-order valence-corrected chi connectivity index (χ2v) is 5.10. The Bertz CT molecular complexity index is 326. The molecule has 0 rings (SSSR count). The van der Waals surface area contributed by atoms with Crippen LogP contribution in [-0.2, 0) is 14.4 Å². The highest BCUT2D eigenvalue weighted by atomic mass is 16.4. The van der Waals surface area contributed by atoms with Gasteiger partial charge in [-0.3, -0.25) is 14.4 Å². The quantitative estimate of drug-likeness (QED) is 0.695. The van der Waals surface area contributed by atoms with Gasteiger partial charge in [0, 0.05) is 20.0 Å². The van der Waals surface area contributed by atoms with Crippen molar-refractivity contribution in [3.63, 3.8) is 0 Å². The van der Waals surface area contributed by atoms with Crippen molar-refractivity contribution in [3.8, 4) is 0 Å². The SMILES string of the molecule is CCN(C)C(=O)CNC(=O)CC(C)(C)CC(=O)O. The standard InChI is InChI=1S/C12H22N2O4/c1-5-14(4)10(16)8-13-9(15)6-12(2,3)7-11(17)18/h5-8H2,1-4H3,(H,13,15)(H,17,18). The van der Waals surface area contributed by atoms with Gasteiger partial charge in [0.2, 0.25) is 11.8 Å². The lowest BCUT2D eigenvalue weighted by atomic mass is 9.85. The number of carboxylic acid groups (broad SMARTS) is 1. The molecule has 0 atom stereocenters. The first-order valence-corrected chi connectivity index (χ1v) is 5.90. The molecule has 0 unspecified atom stereocenters. The highest BCUT2D eigenvalue weighted by Crippen LogP contribution is 2.24. The average molecular weight is 258 g/mol. The lowest BCUT2D eigenvalue weighted by molar-refractivity contribution is -0.140. The van der Waals surface area contributed by atoms with E-state index in [9.17, 15) is 14.4 Å². The fourth-order valence-electron chi connectivity index (χ4n) is 1.45. The molecule has 104 valence electrons. The number of carboxylic acids is 1. The first kappa shape index (κ1) is 16.4. The summed E-state index contributed by atoms with van der Waals surface area (Å²) >= 11 is 0. The van der Waals surface area contributed by atoms with Crippen LogP contribution in [0.2, 0.25) is 0 Å². The lowest BCUT2D eigenvalue weighted by Crippen LogP contribution is -2.39. The number of hydrogen-bond acceptors (Lipinski definition) is 3. The van der Waals surface area contributed by atoms with Gasteiger partial charge < -0.3 is 15.3 Å². The molecule has 0 aliphatic carbocycles. The molecular weight excluding hydrogens is 236 g/mol. The summed E-state index contributed by atoms with van der Waals surface area (Å²) in [6.45, 7) is 5.79. The van der Waals surface area contributed by atoms with E-state index in [0.717, 1.165) is 0 Å². The summed E-state index contributed by atoms with van der Waals surface area (Å²) in [4.78, 5) is 35.1. The van der Waals surface area contributed by atoms with E-state index in [2.05, 4.69) is 5.32 Å². The topological polar surface area (TPSA) is 86.7 Å². The first-order chi connectivity index (χ1) is 8.18. The molecule has 0 radical (unpaired) electrons. The minimum atomic E-state index is -0.936. The van der Waals surface area contributed by atoms with Gasteiger partial charge >= 0.3 is 5.97 Å². The van der Waals surface area contributed by atoms with Crippen LogP contribution in [0, 0.1) is 5.41 Å². The van der Waals surface area contributed by atoms with E-state index in [4.69, 9.17) is 5.11 Å². The Morgan fingerprint density at radius 1 is 1.22 bits per heavy atom. The molecule has 0 saturated carbocycles. The molecule has 0 aliphatic heterocycles. The molecule has 0 bridgehead atoms. The lowest BCUT2D eigenvalue weighted by Gasteiger charge is -2.22. The zero-order valence-electron chi connectivity index (χ0n) is 11.4. The average Bonchev–Trinajstić information content (AvgIpc) is 2.21. The molecule has 0 saturated heterocycles. The Morgan fingerprint density at radius 2 is 1.78 bits per heavy atom. The van der Waals surface area contributed by atoms with Crippen LogP contribution in [-0.4, -0.2) is 47.9 Å². The van der Waals surface area contributed by atoms with Crippen molar-refractivity contribution in [1.82, 2.24) is 10.2 Å². The maximum absolute atomic E-state index is 11.6. The van der Waals surface area contributed by atoms with Crippen molar-refractivity contribution in [2.45, 2.75) is 33.6 Å². The van der Waals surface area contributed by atoms with Crippen molar-refractivity contribution < 1.29 is 19.5 Å². The van der Waals surface area contributed by atoms with Gasteiger partial charge in [0.1, 0.15) is 0 Å². The van der Waals surface area contributed by atoms with E-state index in [0.29, 0.717) is 6.54 Å². The summed E-state index contributed by atoms with van der Waals surface area (Å²) in [6.07, 6.45) is 0.00560. The first-order valence-electron chi connectivity index (χ1n) is 5.90. The van der Waals surface area contributed by atoms with E-state index < -0.39 is 11.4 Å². The van der Waals surface area contributed by atoms with Crippen molar-refractivity contribution >= 4 is 17.8 Å². The van der Waals surface area contributed by atoms with Crippen LogP contribution in [0.3, 0.4) is 0 Å². The van der Waals surface area contributed by atoms with Gasteiger partial charge in [-0.15, -0.1) is 0 Å². The number of carbonyl (C=O) groups excluding carboxylic acids is 2. The molecular formula is C12H22N2O4. The van der Waals surface area contributed by atoms with Crippen LogP contribution in [0.5, 0.6) is 0 Å². The predicted molar refractivity (Wildman–Crippen MR) is 67.0 cm³/mol. The normalized spacial score (nSPS) is 10.9. The largest absolute Gasteiger partial charge is 0.481 e. The Kier molecular flexibility index (Phi) is 6.36. The number of nitrogens with one attached hydrogen (secondary N) is 1. The number of hydrogen-bond donors (Lipinski definition) is 2. The van der Waals surface area contributed by atoms with Crippen LogP contribution < -0.4 is 5.32 Å². The van der Waals surface area contributed by atoms with E-state index in [-0.39, 0.29) is 31.2 Å². The van der Waals surface area contributed by atoms with Gasteiger partial charge in [0.15, 0.2) is 0 Å². The fraction of sp³-hybridized carbons (Fsp3) is 0.750. The second kappa shape index (κ2) is 6.98. The number of carbonyl (C=O) groups is 3. The van der Waals surface area contributed by atoms with Gasteiger partial charge in [0.05, 0.1) is 13.0 Å². The maximum Gasteiger partial charge on any atom is 0.303 e. The highest BCUT2D eigenvalue weighted by Gasteiger charge is 2.25. The molecule has 0 aliphatic rings. The molecule has 0 heterocycles. The van der Waals surface area contributed by atoms with Gasteiger partial charge in [-0.2, -0.15) is 0 Å². The Morgan fingerprint density at radius 3 is 2.22 bits per heavy atom. The third-order valence-electron chi connectivity index (χ3n) is 2.61. The zero-order chi connectivity index (χ0) is 14.3.